The van der Waals surface area contributed by atoms with Crippen molar-refractivity contribution in [3.8, 4) is 0 Å². The number of fused-ring (bicyclic) bond motifs is 1. The number of thiophene rings is 1. The average Bonchev–Trinajstić information content (AvgIpc) is 3.27. The SMILES string of the molecule is CC(C)(C)n1nc(C(=O)Nc2ccccc2N2CCc3sccc3C2)cc1C1CC1. The second-order valence-electron chi connectivity index (χ2n) is 9.32. The fourth-order valence-electron chi connectivity index (χ4n) is 4.21. The van der Waals surface area contributed by atoms with Gasteiger partial charge in [-0.3, -0.25) is 9.48 Å². The predicted molar refractivity (Wildman–Crippen MR) is 123 cm³/mol. The van der Waals surface area contributed by atoms with Crippen LogP contribution in [0, 0.1) is 0 Å². The molecule has 3 heterocycles. The minimum Gasteiger partial charge on any atom is -0.365 e. The molecule has 0 radical (unpaired) electrons. The number of hydrogen-bond donors (Lipinski definition) is 1. The van der Waals surface area contributed by atoms with Gasteiger partial charge in [-0.2, -0.15) is 5.10 Å². The number of benzene rings is 1. The summed E-state index contributed by atoms with van der Waals surface area (Å²) in [7, 11) is 0. The van der Waals surface area contributed by atoms with Crippen LogP contribution in [0.4, 0.5) is 11.4 Å². The van der Waals surface area contributed by atoms with Crippen LogP contribution < -0.4 is 10.2 Å². The van der Waals surface area contributed by atoms with Gasteiger partial charge in [-0.15, -0.1) is 11.3 Å². The van der Waals surface area contributed by atoms with Crippen LogP contribution in [0.5, 0.6) is 0 Å². The first-order chi connectivity index (χ1) is 14.4. The molecular weight excluding hydrogens is 392 g/mol. The van der Waals surface area contributed by atoms with Gasteiger partial charge >= 0.3 is 0 Å². The van der Waals surface area contributed by atoms with Gasteiger partial charge in [-0.05, 0) is 75.2 Å². The second kappa shape index (κ2) is 7.27. The van der Waals surface area contributed by atoms with Crippen LogP contribution in [0.2, 0.25) is 0 Å². The van der Waals surface area contributed by atoms with E-state index < -0.39 is 0 Å². The van der Waals surface area contributed by atoms with Crippen LogP contribution in [-0.2, 0) is 18.5 Å². The third-order valence-corrected chi connectivity index (χ3v) is 6.92. The molecule has 1 aliphatic carbocycles. The van der Waals surface area contributed by atoms with E-state index in [1.54, 1.807) is 0 Å². The Morgan fingerprint density at radius 1 is 1.20 bits per heavy atom. The molecule has 30 heavy (non-hydrogen) atoms. The third-order valence-electron chi connectivity index (χ3n) is 5.90. The van der Waals surface area contributed by atoms with Crippen molar-refractivity contribution in [1.82, 2.24) is 9.78 Å². The molecule has 1 fully saturated rings. The summed E-state index contributed by atoms with van der Waals surface area (Å²) in [4.78, 5) is 17.0. The molecule has 1 saturated carbocycles. The van der Waals surface area contributed by atoms with Crippen LogP contribution in [0.15, 0.2) is 41.8 Å². The van der Waals surface area contributed by atoms with Crippen molar-refractivity contribution in [2.45, 2.75) is 58.0 Å². The molecule has 2 aliphatic rings. The van der Waals surface area contributed by atoms with Crippen LogP contribution >= 0.6 is 11.3 Å². The summed E-state index contributed by atoms with van der Waals surface area (Å²) in [5.41, 5.74) is 4.85. The normalized spacial score (nSPS) is 16.4. The topological polar surface area (TPSA) is 50.2 Å². The van der Waals surface area contributed by atoms with Gasteiger partial charge < -0.3 is 10.2 Å². The van der Waals surface area contributed by atoms with Crippen molar-refractivity contribution >= 4 is 28.6 Å². The first kappa shape index (κ1) is 19.4. The highest BCUT2D eigenvalue weighted by atomic mass is 32.1. The lowest BCUT2D eigenvalue weighted by Gasteiger charge is -2.30. The number of carbonyl (C=O) groups excluding carboxylic acids is 1. The number of para-hydroxylation sites is 2. The van der Waals surface area contributed by atoms with Crippen LogP contribution in [0.25, 0.3) is 0 Å². The molecule has 2 aromatic heterocycles. The van der Waals surface area contributed by atoms with Crippen molar-refractivity contribution in [1.29, 1.82) is 0 Å². The fraction of sp³-hybridized carbons (Fsp3) is 0.417. The van der Waals surface area contributed by atoms with Gasteiger partial charge in [0.2, 0.25) is 0 Å². The smallest absolute Gasteiger partial charge is 0.276 e. The molecule has 3 aromatic rings. The Kier molecular flexibility index (Phi) is 4.69. The highest BCUT2D eigenvalue weighted by Crippen LogP contribution is 2.42. The average molecular weight is 421 g/mol. The van der Waals surface area contributed by atoms with Crippen molar-refractivity contribution in [3.05, 3.63) is 63.6 Å². The largest absolute Gasteiger partial charge is 0.365 e. The first-order valence-corrected chi connectivity index (χ1v) is 11.6. The van der Waals surface area contributed by atoms with Gasteiger partial charge in [-0.25, -0.2) is 0 Å². The van der Waals surface area contributed by atoms with Crippen molar-refractivity contribution in [3.63, 3.8) is 0 Å². The van der Waals surface area contributed by atoms with E-state index >= 15 is 0 Å². The molecule has 1 aromatic carbocycles. The van der Waals surface area contributed by atoms with E-state index in [0.29, 0.717) is 11.6 Å². The number of rotatable bonds is 4. The number of anilines is 2. The monoisotopic (exact) mass is 420 g/mol. The maximum Gasteiger partial charge on any atom is 0.276 e. The molecular formula is C24H28N4OS. The summed E-state index contributed by atoms with van der Waals surface area (Å²) in [6.07, 6.45) is 3.42. The Bertz CT molecular complexity index is 1090. The highest BCUT2D eigenvalue weighted by molar-refractivity contribution is 7.10. The number of nitrogens with zero attached hydrogens (tertiary/aromatic N) is 3. The lowest BCUT2D eigenvalue weighted by Crippen LogP contribution is -2.30. The lowest BCUT2D eigenvalue weighted by molar-refractivity contribution is 0.102. The number of carbonyl (C=O) groups is 1. The molecule has 5 rings (SSSR count). The zero-order valence-corrected chi connectivity index (χ0v) is 18.6. The van der Waals surface area contributed by atoms with Gasteiger partial charge in [0, 0.05) is 29.6 Å². The summed E-state index contributed by atoms with van der Waals surface area (Å²) < 4.78 is 2.04. The summed E-state index contributed by atoms with van der Waals surface area (Å²) in [6.45, 7) is 8.26. The zero-order valence-electron chi connectivity index (χ0n) is 17.8. The van der Waals surface area contributed by atoms with Crippen molar-refractivity contribution < 1.29 is 4.79 Å². The fourth-order valence-corrected chi connectivity index (χ4v) is 5.10. The van der Waals surface area contributed by atoms with Crippen molar-refractivity contribution in [2.75, 3.05) is 16.8 Å². The van der Waals surface area contributed by atoms with Gasteiger partial charge in [0.25, 0.3) is 5.91 Å². The summed E-state index contributed by atoms with van der Waals surface area (Å²) in [6, 6.07) is 12.3. The molecule has 1 aliphatic heterocycles. The van der Waals surface area contributed by atoms with E-state index in [4.69, 9.17) is 5.10 Å². The molecule has 0 bridgehead atoms. The predicted octanol–water partition coefficient (Wildman–Crippen LogP) is 5.39. The van der Waals surface area contributed by atoms with Crippen molar-refractivity contribution in [2.24, 2.45) is 0 Å². The second-order valence-corrected chi connectivity index (χ2v) is 10.3. The van der Waals surface area contributed by atoms with E-state index in [9.17, 15) is 4.79 Å². The molecule has 156 valence electrons. The maximum absolute atomic E-state index is 13.1. The Morgan fingerprint density at radius 3 is 2.77 bits per heavy atom. The number of aromatic nitrogens is 2. The van der Waals surface area contributed by atoms with Crippen LogP contribution in [-0.4, -0.2) is 22.2 Å². The minimum atomic E-state index is -0.138. The summed E-state index contributed by atoms with van der Waals surface area (Å²) in [5, 5.41) is 10.0. The van der Waals surface area contributed by atoms with Gasteiger partial charge in [-0.1, -0.05) is 12.1 Å². The highest BCUT2D eigenvalue weighted by Gasteiger charge is 2.32. The van der Waals surface area contributed by atoms with E-state index in [2.05, 4.69) is 48.5 Å². The molecule has 0 atom stereocenters. The first-order valence-electron chi connectivity index (χ1n) is 10.7. The maximum atomic E-state index is 13.1. The molecule has 6 heteroatoms. The van der Waals surface area contributed by atoms with E-state index in [1.807, 2.05) is 40.3 Å². The Labute approximate surface area is 181 Å². The lowest BCUT2D eigenvalue weighted by atomic mass is 10.1. The summed E-state index contributed by atoms with van der Waals surface area (Å²) >= 11 is 1.84. The van der Waals surface area contributed by atoms with Gasteiger partial charge in [0.05, 0.1) is 16.9 Å². The molecule has 5 nitrogen and oxygen atoms in total. The molecule has 1 amide bonds. The number of hydrogen-bond acceptors (Lipinski definition) is 4. The summed E-state index contributed by atoms with van der Waals surface area (Å²) in [5.74, 6) is 0.402. The van der Waals surface area contributed by atoms with Crippen LogP contribution in [0.1, 0.15) is 66.2 Å². The molecule has 0 spiro atoms. The quantitative estimate of drug-likeness (QED) is 0.615. The Balaban J connectivity index is 1.40. The van der Waals surface area contributed by atoms with E-state index in [1.165, 1.54) is 29.0 Å². The van der Waals surface area contributed by atoms with E-state index in [-0.39, 0.29) is 11.4 Å². The van der Waals surface area contributed by atoms with Crippen LogP contribution in [0.3, 0.4) is 0 Å². The number of amides is 1. The van der Waals surface area contributed by atoms with Gasteiger partial charge in [0.15, 0.2) is 5.69 Å². The van der Waals surface area contributed by atoms with Gasteiger partial charge in [0.1, 0.15) is 0 Å². The molecule has 1 N–H and O–H groups in total. The third kappa shape index (κ3) is 3.65. The molecule has 0 saturated heterocycles. The Hall–Kier alpha value is -2.60. The Morgan fingerprint density at radius 2 is 2.00 bits per heavy atom. The number of nitrogens with one attached hydrogen (secondary N) is 1. The zero-order chi connectivity index (χ0) is 20.9. The minimum absolute atomic E-state index is 0.138. The molecule has 0 unspecified atom stereocenters. The standard InChI is InChI=1S/C24H28N4OS/c1-24(2,3)28-21(16-8-9-16)14-19(26-28)23(29)25-18-6-4-5-7-20(18)27-12-10-22-17(15-27)11-13-30-22/h4-7,11,13-14,16H,8-10,12,15H2,1-3H3,(H,25,29). The van der Waals surface area contributed by atoms with E-state index in [0.717, 1.165) is 30.9 Å².